The van der Waals surface area contributed by atoms with Crippen LogP contribution in [0.15, 0.2) is 24.4 Å². The lowest BCUT2D eigenvalue weighted by molar-refractivity contribution is 0.0892. The van der Waals surface area contributed by atoms with E-state index in [1.165, 1.54) is 0 Å². The maximum atomic E-state index is 13.1. The average Bonchev–Trinajstić information content (AvgIpc) is 3.45. The zero-order valence-electron chi connectivity index (χ0n) is 16.9. The molecule has 3 aliphatic rings. The van der Waals surface area contributed by atoms with E-state index in [-0.39, 0.29) is 18.3 Å². The van der Waals surface area contributed by atoms with E-state index in [4.69, 9.17) is 9.47 Å². The number of hydrogen-bond donors (Lipinski definition) is 2. The average molecular weight is 434 g/mol. The Morgan fingerprint density at radius 2 is 1.87 bits per heavy atom. The first-order valence-corrected chi connectivity index (χ1v) is 10.6. The van der Waals surface area contributed by atoms with Gasteiger partial charge < -0.3 is 20.1 Å². The van der Waals surface area contributed by atoms with E-state index in [2.05, 4.69) is 20.9 Å². The number of hydrogen-bond acceptors (Lipinski definition) is 6. The molecule has 2 aliphatic heterocycles. The van der Waals surface area contributed by atoms with Crippen LogP contribution in [0.2, 0.25) is 0 Å². The van der Waals surface area contributed by atoms with Crippen molar-refractivity contribution >= 4 is 18.3 Å². The molecule has 162 valence electrons. The van der Waals surface area contributed by atoms with Crippen molar-refractivity contribution < 1.29 is 14.3 Å². The Kier molecular flexibility index (Phi) is 6.15. The van der Waals surface area contributed by atoms with Crippen LogP contribution in [-0.2, 0) is 5.54 Å². The van der Waals surface area contributed by atoms with Gasteiger partial charge in [0.25, 0.3) is 5.91 Å². The normalized spacial score (nSPS) is 20.4. The molecule has 5 rings (SSSR count). The summed E-state index contributed by atoms with van der Waals surface area (Å²) in [7, 11) is 0. The number of carbonyl (C=O) groups excluding carboxylic acids is 1. The Hall–Kier alpha value is -2.32. The van der Waals surface area contributed by atoms with Crippen LogP contribution in [0.25, 0.3) is 0 Å². The first-order chi connectivity index (χ1) is 14.2. The van der Waals surface area contributed by atoms with Gasteiger partial charge in [-0.25, -0.2) is 4.68 Å². The first kappa shape index (κ1) is 20.9. The summed E-state index contributed by atoms with van der Waals surface area (Å²) in [5.41, 5.74) is 1.05. The maximum absolute atomic E-state index is 13.1. The van der Waals surface area contributed by atoms with Crippen molar-refractivity contribution in [2.24, 2.45) is 0 Å². The van der Waals surface area contributed by atoms with Crippen LogP contribution in [0.3, 0.4) is 0 Å². The van der Waals surface area contributed by atoms with Gasteiger partial charge in [-0.15, -0.1) is 17.5 Å². The Labute approximate surface area is 182 Å². The molecule has 0 unspecified atom stereocenters. The van der Waals surface area contributed by atoms with Crippen LogP contribution in [0.4, 0.5) is 0 Å². The molecule has 0 atom stereocenters. The smallest absolute Gasteiger partial charge is 0.274 e. The van der Waals surface area contributed by atoms with Gasteiger partial charge in [0.2, 0.25) is 0 Å². The number of halogens is 1. The summed E-state index contributed by atoms with van der Waals surface area (Å²) in [6.45, 7) is 3.06. The van der Waals surface area contributed by atoms with Gasteiger partial charge in [0.15, 0.2) is 17.2 Å². The van der Waals surface area contributed by atoms with Crippen LogP contribution >= 0.6 is 12.4 Å². The molecule has 3 heterocycles. The minimum absolute atomic E-state index is 0. The molecule has 1 saturated heterocycles. The molecule has 9 heteroatoms. The van der Waals surface area contributed by atoms with Gasteiger partial charge in [0, 0.05) is 0 Å². The molecule has 1 aliphatic carbocycles. The number of piperidine rings is 1. The number of ether oxygens (including phenoxy) is 2. The number of amides is 1. The summed E-state index contributed by atoms with van der Waals surface area (Å²) in [6.07, 6.45) is 7.77. The summed E-state index contributed by atoms with van der Waals surface area (Å²) in [6, 6.07) is 6.32. The monoisotopic (exact) mass is 433 g/mol. The van der Waals surface area contributed by atoms with Crippen molar-refractivity contribution in [1.82, 2.24) is 25.6 Å². The van der Waals surface area contributed by atoms with Crippen LogP contribution in [0.5, 0.6) is 11.5 Å². The number of aromatic nitrogens is 3. The molecule has 1 aromatic heterocycles. The Morgan fingerprint density at radius 3 is 2.63 bits per heavy atom. The number of nitrogens with zero attached hydrogens (tertiary/aromatic N) is 3. The number of rotatable bonds is 4. The minimum Gasteiger partial charge on any atom is -0.486 e. The first-order valence-electron chi connectivity index (χ1n) is 10.6. The van der Waals surface area contributed by atoms with Gasteiger partial charge in [-0.3, -0.25) is 4.79 Å². The lowest BCUT2D eigenvalue weighted by Gasteiger charge is -2.32. The summed E-state index contributed by atoms with van der Waals surface area (Å²) < 4.78 is 13.3. The molecule has 0 radical (unpaired) electrons. The summed E-state index contributed by atoms with van der Waals surface area (Å²) in [5.74, 6) is 1.36. The van der Waals surface area contributed by atoms with E-state index < -0.39 is 5.54 Å². The third-order valence-electron chi connectivity index (χ3n) is 6.33. The van der Waals surface area contributed by atoms with Crippen molar-refractivity contribution in [3.05, 3.63) is 35.7 Å². The second-order valence-corrected chi connectivity index (χ2v) is 8.17. The second-order valence-electron chi connectivity index (χ2n) is 8.17. The fraction of sp³-hybridized carbons (Fsp3) is 0.571. The summed E-state index contributed by atoms with van der Waals surface area (Å²) in [4.78, 5) is 13.1. The van der Waals surface area contributed by atoms with E-state index in [1.54, 1.807) is 6.20 Å². The number of nitrogens with one attached hydrogen (secondary N) is 2. The highest BCUT2D eigenvalue weighted by atomic mass is 35.5. The molecule has 2 aromatic rings. The highest BCUT2D eigenvalue weighted by molar-refractivity contribution is 5.92. The standard InChI is InChI=1S/C21H27N5O3.ClH/c27-20(17-14-26(25-24-17)16-5-9-22-10-6-16)23-21(7-1-2-8-21)15-3-4-18-19(13-15)29-12-11-28-18;/h3-4,13-14,16,22H,1-2,5-12H2,(H,23,27);1H. The van der Waals surface area contributed by atoms with Crippen molar-refractivity contribution in [1.29, 1.82) is 0 Å². The van der Waals surface area contributed by atoms with Gasteiger partial charge in [-0.05, 0) is 56.5 Å². The molecule has 1 saturated carbocycles. The Morgan fingerprint density at radius 1 is 1.13 bits per heavy atom. The fourth-order valence-electron chi connectivity index (χ4n) is 4.72. The molecular formula is C21H28ClN5O3. The largest absolute Gasteiger partial charge is 0.486 e. The molecule has 2 N–H and O–H groups in total. The highest BCUT2D eigenvalue weighted by Gasteiger charge is 2.38. The Balaban J connectivity index is 0.00000218. The van der Waals surface area contributed by atoms with E-state index in [0.717, 1.165) is 68.7 Å². The molecule has 0 bridgehead atoms. The predicted molar refractivity (Wildman–Crippen MR) is 113 cm³/mol. The van der Waals surface area contributed by atoms with Gasteiger partial charge in [0.1, 0.15) is 13.2 Å². The minimum atomic E-state index is -0.397. The molecule has 30 heavy (non-hydrogen) atoms. The van der Waals surface area contributed by atoms with E-state index in [1.807, 2.05) is 22.9 Å². The zero-order chi connectivity index (χ0) is 19.7. The van der Waals surface area contributed by atoms with Crippen LogP contribution in [0.1, 0.15) is 60.6 Å². The molecule has 2 fully saturated rings. The van der Waals surface area contributed by atoms with Crippen LogP contribution < -0.4 is 20.1 Å². The second kappa shape index (κ2) is 8.81. The van der Waals surface area contributed by atoms with E-state index >= 15 is 0 Å². The predicted octanol–water partition coefficient (Wildman–Crippen LogP) is 2.59. The van der Waals surface area contributed by atoms with E-state index in [0.29, 0.717) is 24.9 Å². The molecule has 8 nitrogen and oxygen atoms in total. The van der Waals surface area contributed by atoms with Crippen molar-refractivity contribution in [3.8, 4) is 11.5 Å². The molecular weight excluding hydrogens is 406 g/mol. The zero-order valence-corrected chi connectivity index (χ0v) is 17.7. The van der Waals surface area contributed by atoms with Crippen LogP contribution in [0, 0.1) is 0 Å². The van der Waals surface area contributed by atoms with Crippen molar-refractivity contribution in [2.45, 2.75) is 50.1 Å². The lowest BCUT2D eigenvalue weighted by Crippen LogP contribution is -2.44. The van der Waals surface area contributed by atoms with Gasteiger partial charge in [-0.2, -0.15) is 0 Å². The number of carbonyl (C=O) groups is 1. The molecule has 0 spiro atoms. The van der Waals surface area contributed by atoms with Gasteiger partial charge in [0.05, 0.1) is 17.8 Å². The van der Waals surface area contributed by atoms with Crippen molar-refractivity contribution in [2.75, 3.05) is 26.3 Å². The fourth-order valence-corrected chi connectivity index (χ4v) is 4.72. The third kappa shape index (κ3) is 3.98. The summed E-state index contributed by atoms with van der Waals surface area (Å²) >= 11 is 0. The van der Waals surface area contributed by atoms with Crippen LogP contribution in [-0.4, -0.2) is 47.2 Å². The number of fused-ring (bicyclic) bond motifs is 1. The molecule has 1 amide bonds. The van der Waals surface area contributed by atoms with E-state index in [9.17, 15) is 4.79 Å². The van der Waals surface area contributed by atoms with Crippen molar-refractivity contribution in [3.63, 3.8) is 0 Å². The highest BCUT2D eigenvalue weighted by Crippen LogP contribution is 2.42. The number of benzene rings is 1. The topological polar surface area (TPSA) is 90.3 Å². The SMILES string of the molecule is Cl.O=C(NC1(c2ccc3c(c2)OCCO3)CCCC1)c1cn(C2CCNCC2)nn1. The van der Waals surface area contributed by atoms with Gasteiger partial charge in [-0.1, -0.05) is 24.1 Å². The quantitative estimate of drug-likeness (QED) is 0.770. The van der Waals surface area contributed by atoms with Gasteiger partial charge >= 0.3 is 0 Å². The maximum Gasteiger partial charge on any atom is 0.274 e. The molecule has 1 aromatic carbocycles. The Bertz CT molecular complexity index is 891. The third-order valence-corrected chi connectivity index (χ3v) is 6.33. The summed E-state index contributed by atoms with van der Waals surface area (Å²) in [5, 5.41) is 15.0. The lowest BCUT2D eigenvalue weighted by atomic mass is 9.87.